The zero-order chi connectivity index (χ0) is 10.0. The molecular weight excluding hydrogens is 197 g/mol. The van der Waals surface area contributed by atoms with Gasteiger partial charge >= 0.3 is 0 Å². The molecule has 0 amide bonds. The maximum Gasteiger partial charge on any atom is 0.150 e. The number of halogens is 2. The second-order valence-corrected chi connectivity index (χ2v) is 2.95. The highest BCUT2D eigenvalue weighted by molar-refractivity contribution is 6.30. The lowest BCUT2D eigenvalue weighted by atomic mass is 10.1. The molecule has 0 spiro atoms. The van der Waals surface area contributed by atoms with Crippen molar-refractivity contribution in [2.45, 2.75) is 6.04 Å². The van der Waals surface area contributed by atoms with Gasteiger partial charge in [-0.25, -0.2) is 4.39 Å². The van der Waals surface area contributed by atoms with E-state index in [1.54, 1.807) is 0 Å². The van der Waals surface area contributed by atoms with Crippen LogP contribution < -0.4 is 10.8 Å². The van der Waals surface area contributed by atoms with Gasteiger partial charge in [0.15, 0.2) is 6.04 Å². The van der Waals surface area contributed by atoms with Gasteiger partial charge in [-0.2, -0.15) is 0 Å². The fourth-order valence-electron chi connectivity index (χ4n) is 0.865. The van der Waals surface area contributed by atoms with Gasteiger partial charge in [0.2, 0.25) is 0 Å². The first-order valence-electron chi connectivity index (χ1n) is 3.51. The van der Waals surface area contributed by atoms with E-state index in [2.05, 4.69) is 5.73 Å². The van der Waals surface area contributed by atoms with Gasteiger partial charge in [-0.15, -0.1) is 0 Å². The van der Waals surface area contributed by atoms with Crippen LogP contribution in [0.4, 0.5) is 4.39 Å². The molecule has 13 heavy (non-hydrogen) atoms. The normalized spacial score (nSPS) is 12.5. The highest BCUT2D eigenvalue weighted by atomic mass is 35.5. The lowest BCUT2D eigenvalue weighted by molar-refractivity contribution is -0.443. The monoisotopic (exact) mass is 203 g/mol. The standard InChI is InChI=1S/C8H7ClFNO2/c9-5-3-4(1-2-6(5)10)7(11)8(12)13/h1-3,7H,11H2,(H,12,13)/t7-/m1/s1. The molecule has 1 atom stereocenters. The minimum absolute atomic E-state index is 0.118. The number of hydrogen-bond donors (Lipinski definition) is 1. The summed E-state index contributed by atoms with van der Waals surface area (Å²) in [5.74, 6) is -1.90. The van der Waals surface area contributed by atoms with E-state index in [9.17, 15) is 14.3 Å². The van der Waals surface area contributed by atoms with Gasteiger partial charge < -0.3 is 15.6 Å². The predicted molar refractivity (Wildman–Crippen MR) is 42.0 cm³/mol. The van der Waals surface area contributed by atoms with Crippen molar-refractivity contribution in [1.82, 2.24) is 0 Å². The SMILES string of the molecule is [NH3+][C@@H](C(=O)[O-])c1ccc(F)c(Cl)c1. The Hall–Kier alpha value is -1.13. The number of quaternary nitrogens is 1. The van der Waals surface area contributed by atoms with Gasteiger partial charge in [0.25, 0.3) is 0 Å². The summed E-state index contributed by atoms with van der Waals surface area (Å²) < 4.78 is 12.6. The van der Waals surface area contributed by atoms with Crippen LogP contribution in [0, 0.1) is 5.82 Å². The minimum atomic E-state index is -1.32. The average Bonchev–Trinajstić information content (AvgIpc) is 2.08. The Labute approximate surface area is 78.9 Å². The number of rotatable bonds is 2. The van der Waals surface area contributed by atoms with E-state index >= 15 is 0 Å². The summed E-state index contributed by atoms with van der Waals surface area (Å²) in [5, 5.41) is 10.3. The first-order chi connectivity index (χ1) is 6.02. The molecule has 0 aromatic heterocycles. The number of carboxylic acids is 1. The van der Waals surface area contributed by atoms with Gasteiger partial charge in [-0.05, 0) is 18.2 Å². The quantitative estimate of drug-likeness (QED) is 0.705. The molecule has 0 radical (unpaired) electrons. The van der Waals surface area contributed by atoms with Crippen molar-refractivity contribution in [2.75, 3.05) is 0 Å². The molecule has 0 unspecified atom stereocenters. The first-order valence-corrected chi connectivity index (χ1v) is 3.89. The van der Waals surface area contributed by atoms with Crippen LogP contribution in [0.2, 0.25) is 5.02 Å². The maximum absolute atomic E-state index is 12.6. The molecule has 0 heterocycles. The molecule has 0 aliphatic carbocycles. The molecular formula is C8H7ClFNO2. The Morgan fingerprint density at radius 1 is 1.62 bits per heavy atom. The Morgan fingerprint density at radius 2 is 2.23 bits per heavy atom. The zero-order valence-corrected chi connectivity index (χ0v) is 7.34. The smallest absolute Gasteiger partial charge is 0.150 e. The number of carbonyl (C=O) groups excluding carboxylic acids is 1. The van der Waals surface area contributed by atoms with Gasteiger partial charge in [0, 0.05) is 5.56 Å². The Bertz CT molecular complexity index is 343. The molecule has 0 aliphatic rings. The maximum atomic E-state index is 12.6. The second-order valence-electron chi connectivity index (χ2n) is 2.55. The van der Waals surface area contributed by atoms with Crippen molar-refractivity contribution < 1.29 is 20.0 Å². The largest absolute Gasteiger partial charge is 0.544 e. The van der Waals surface area contributed by atoms with E-state index in [0.717, 1.165) is 6.07 Å². The Morgan fingerprint density at radius 3 is 2.69 bits per heavy atom. The summed E-state index contributed by atoms with van der Waals surface area (Å²) in [6.07, 6.45) is 0. The van der Waals surface area contributed by atoms with E-state index in [1.807, 2.05) is 0 Å². The van der Waals surface area contributed by atoms with Crippen LogP contribution >= 0.6 is 11.6 Å². The van der Waals surface area contributed by atoms with Crippen molar-refractivity contribution in [3.63, 3.8) is 0 Å². The van der Waals surface area contributed by atoms with Crippen molar-refractivity contribution in [3.05, 3.63) is 34.6 Å². The zero-order valence-electron chi connectivity index (χ0n) is 6.59. The van der Waals surface area contributed by atoms with Crippen molar-refractivity contribution in [2.24, 2.45) is 0 Å². The minimum Gasteiger partial charge on any atom is -0.544 e. The van der Waals surface area contributed by atoms with Crippen LogP contribution in [0.25, 0.3) is 0 Å². The van der Waals surface area contributed by atoms with Crippen molar-refractivity contribution in [3.8, 4) is 0 Å². The highest BCUT2D eigenvalue weighted by Gasteiger charge is 2.12. The Balaban J connectivity index is 3.03. The van der Waals surface area contributed by atoms with Gasteiger partial charge in [0.05, 0.1) is 5.02 Å². The van der Waals surface area contributed by atoms with Gasteiger partial charge in [-0.3, -0.25) is 0 Å². The lowest BCUT2D eigenvalue weighted by Crippen LogP contribution is -2.61. The fraction of sp³-hybridized carbons (Fsp3) is 0.125. The highest BCUT2D eigenvalue weighted by Crippen LogP contribution is 2.18. The van der Waals surface area contributed by atoms with Crippen molar-refractivity contribution in [1.29, 1.82) is 0 Å². The molecule has 3 nitrogen and oxygen atoms in total. The fourth-order valence-corrected chi connectivity index (χ4v) is 1.05. The summed E-state index contributed by atoms with van der Waals surface area (Å²) in [6.45, 7) is 0. The number of aliphatic carboxylic acids is 1. The van der Waals surface area contributed by atoms with Gasteiger partial charge in [0.1, 0.15) is 11.8 Å². The molecule has 0 fully saturated rings. The third-order valence-electron chi connectivity index (χ3n) is 1.63. The van der Waals surface area contributed by atoms with E-state index < -0.39 is 17.8 Å². The molecule has 3 N–H and O–H groups in total. The summed E-state index contributed by atoms with van der Waals surface area (Å²) in [6, 6.07) is 2.61. The third-order valence-corrected chi connectivity index (χ3v) is 1.92. The number of benzene rings is 1. The van der Waals surface area contributed by atoms with Crippen molar-refractivity contribution >= 4 is 17.6 Å². The molecule has 0 bridgehead atoms. The molecule has 0 saturated carbocycles. The number of hydrogen-bond acceptors (Lipinski definition) is 2. The van der Waals surface area contributed by atoms with Crippen LogP contribution in [0.1, 0.15) is 11.6 Å². The van der Waals surface area contributed by atoms with E-state index in [-0.39, 0.29) is 5.02 Å². The summed E-state index contributed by atoms with van der Waals surface area (Å²) in [5.41, 5.74) is 3.66. The molecule has 1 aromatic carbocycles. The summed E-state index contributed by atoms with van der Waals surface area (Å²) in [7, 11) is 0. The van der Waals surface area contributed by atoms with Crippen LogP contribution in [0.15, 0.2) is 18.2 Å². The van der Waals surface area contributed by atoms with Gasteiger partial charge in [-0.1, -0.05) is 11.6 Å². The first kappa shape index (κ1) is 9.95. The average molecular weight is 204 g/mol. The molecule has 1 aromatic rings. The third kappa shape index (κ3) is 2.17. The number of carboxylic acid groups (broad SMARTS) is 1. The molecule has 0 aliphatic heterocycles. The number of carbonyl (C=O) groups is 1. The van der Waals surface area contributed by atoms with E-state index in [0.29, 0.717) is 5.56 Å². The predicted octanol–water partition coefficient (Wildman–Crippen LogP) is -0.488. The Kier molecular flexibility index (Phi) is 2.85. The van der Waals surface area contributed by atoms with Crippen LogP contribution in [0.3, 0.4) is 0 Å². The van der Waals surface area contributed by atoms with E-state index in [1.165, 1.54) is 12.1 Å². The van der Waals surface area contributed by atoms with Crippen LogP contribution in [-0.4, -0.2) is 5.97 Å². The topological polar surface area (TPSA) is 67.8 Å². The second kappa shape index (κ2) is 3.72. The molecule has 0 saturated heterocycles. The molecule has 5 heteroatoms. The van der Waals surface area contributed by atoms with Crippen LogP contribution in [-0.2, 0) is 4.79 Å². The summed E-state index contributed by atoms with van der Waals surface area (Å²) in [4.78, 5) is 10.4. The summed E-state index contributed by atoms with van der Waals surface area (Å²) >= 11 is 5.45. The molecule has 70 valence electrons. The lowest BCUT2D eigenvalue weighted by Gasteiger charge is -2.09. The molecule has 1 rings (SSSR count). The van der Waals surface area contributed by atoms with E-state index in [4.69, 9.17) is 11.6 Å². The van der Waals surface area contributed by atoms with Crippen LogP contribution in [0.5, 0.6) is 0 Å².